The van der Waals surface area contributed by atoms with E-state index >= 15 is 0 Å². The number of methoxy groups -OCH3 is 1. The van der Waals surface area contributed by atoms with Gasteiger partial charge in [-0.05, 0) is 61.4 Å². The molecule has 0 saturated carbocycles. The number of hydrogen-bond acceptors (Lipinski definition) is 4. The smallest absolute Gasteiger partial charge is 0.264 e. The quantitative estimate of drug-likeness (QED) is 0.551. The van der Waals surface area contributed by atoms with E-state index in [2.05, 4.69) is 5.32 Å². The maximum atomic E-state index is 13.4. The first-order chi connectivity index (χ1) is 14.7. The van der Waals surface area contributed by atoms with Crippen molar-refractivity contribution in [1.29, 1.82) is 0 Å². The van der Waals surface area contributed by atoms with Gasteiger partial charge in [-0.15, -0.1) is 0 Å². The number of nitrogens with zero attached hydrogens (tertiary/aromatic N) is 1. The number of carbonyl (C=O) groups excluding carboxylic acids is 1. The van der Waals surface area contributed by atoms with Gasteiger partial charge in [-0.25, -0.2) is 8.42 Å². The van der Waals surface area contributed by atoms with E-state index in [4.69, 9.17) is 16.3 Å². The molecule has 3 aromatic carbocycles. The molecule has 0 saturated heterocycles. The van der Waals surface area contributed by atoms with Crippen molar-refractivity contribution in [2.75, 3.05) is 23.3 Å². The molecule has 1 N–H and O–H groups in total. The van der Waals surface area contributed by atoms with Crippen LogP contribution in [-0.4, -0.2) is 28.0 Å². The predicted octanol–water partition coefficient (Wildman–Crippen LogP) is 4.80. The summed E-state index contributed by atoms with van der Waals surface area (Å²) in [6.07, 6.45) is 0. The fourth-order valence-electron chi connectivity index (χ4n) is 3.13. The number of hydrogen-bond donors (Lipinski definition) is 1. The normalized spacial score (nSPS) is 11.1. The summed E-state index contributed by atoms with van der Waals surface area (Å²) in [7, 11) is -2.52. The molecule has 8 heteroatoms. The molecule has 31 heavy (non-hydrogen) atoms. The second-order valence-electron chi connectivity index (χ2n) is 6.96. The van der Waals surface area contributed by atoms with Crippen LogP contribution in [0.4, 0.5) is 11.4 Å². The van der Waals surface area contributed by atoms with Crippen LogP contribution in [0.1, 0.15) is 11.1 Å². The third-order valence-corrected chi connectivity index (χ3v) is 6.94. The number of anilines is 2. The van der Waals surface area contributed by atoms with Gasteiger partial charge in [-0.2, -0.15) is 0 Å². The van der Waals surface area contributed by atoms with E-state index in [0.29, 0.717) is 27.7 Å². The predicted molar refractivity (Wildman–Crippen MR) is 124 cm³/mol. The first-order valence-electron chi connectivity index (χ1n) is 9.51. The molecule has 3 rings (SSSR count). The Hall–Kier alpha value is -3.03. The maximum absolute atomic E-state index is 13.4. The van der Waals surface area contributed by atoms with Crippen LogP contribution in [0.3, 0.4) is 0 Å². The van der Waals surface area contributed by atoms with Gasteiger partial charge in [0.05, 0.1) is 23.4 Å². The summed E-state index contributed by atoms with van der Waals surface area (Å²) in [5.74, 6) is -0.0295. The zero-order valence-corrected chi connectivity index (χ0v) is 19.0. The zero-order valence-electron chi connectivity index (χ0n) is 17.4. The van der Waals surface area contributed by atoms with Crippen molar-refractivity contribution >= 4 is 38.9 Å². The first-order valence-corrected chi connectivity index (χ1v) is 11.3. The standard InChI is InChI=1S/C23H23ClN2O4S/c1-16-12-13-22(30-3)20(14-16)25-23(27)15-26(21-11-7-10-19(24)17(21)2)31(28,29)18-8-5-4-6-9-18/h4-14H,15H2,1-3H3,(H,25,27). The Labute approximate surface area is 187 Å². The van der Waals surface area contributed by atoms with E-state index in [1.807, 2.05) is 13.0 Å². The van der Waals surface area contributed by atoms with Gasteiger partial charge in [-0.1, -0.05) is 41.9 Å². The van der Waals surface area contributed by atoms with Gasteiger partial charge in [0.1, 0.15) is 12.3 Å². The SMILES string of the molecule is COc1ccc(C)cc1NC(=O)CN(c1cccc(Cl)c1C)S(=O)(=O)c1ccccc1. The van der Waals surface area contributed by atoms with Gasteiger partial charge in [-0.3, -0.25) is 9.10 Å². The highest BCUT2D eigenvalue weighted by atomic mass is 35.5. The molecule has 0 aromatic heterocycles. The highest BCUT2D eigenvalue weighted by Crippen LogP contribution is 2.31. The van der Waals surface area contributed by atoms with Crippen molar-refractivity contribution in [3.8, 4) is 5.75 Å². The fraction of sp³-hybridized carbons (Fsp3) is 0.174. The Morgan fingerprint density at radius 1 is 1.03 bits per heavy atom. The van der Waals surface area contributed by atoms with E-state index in [0.717, 1.165) is 9.87 Å². The molecule has 0 spiro atoms. The largest absolute Gasteiger partial charge is 0.495 e. The van der Waals surface area contributed by atoms with Gasteiger partial charge >= 0.3 is 0 Å². The van der Waals surface area contributed by atoms with Gasteiger partial charge in [0.2, 0.25) is 5.91 Å². The van der Waals surface area contributed by atoms with E-state index < -0.39 is 22.5 Å². The van der Waals surface area contributed by atoms with Crippen LogP contribution in [0.5, 0.6) is 5.75 Å². The third-order valence-electron chi connectivity index (χ3n) is 4.76. The number of aryl methyl sites for hydroxylation is 1. The van der Waals surface area contributed by atoms with Gasteiger partial charge in [0, 0.05) is 5.02 Å². The molecular weight excluding hydrogens is 436 g/mol. The number of nitrogens with one attached hydrogen (secondary N) is 1. The number of ether oxygens (including phenoxy) is 1. The number of benzene rings is 3. The lowest BCUT2D eigenvalue weighted by molar-refractivity contribution is -0.114. The summed E-state index contributed by atoms with van der Waals surface area (Å²) in [5, 5.41) is 3.17. The Kier molecular flexibility index (Phi) is 6.87. The molecule has 6 nitrogen and oxygen atoms in total. The van der Waals surface area contributed by atoms with Crippen molar-refractivity contribution in [1.82, 2.24) is 0 Å². The first kappa shape index (κ1) is 22.7. The van der Waals surface area contributed by atoms with Crippen molar-refractivity contribution in [2.24, 2.45) is 0 Å². The molecule has 0 aliphatic heterocycles. The average molecular weight is 459 g/mol. The van der Waals surface area contributed by atoms with Crippen molar-refractivity contribution in [3.63, 3.8) is 0 Å². The van der Waals surface area contributed by atoms with E-state index in [1.165, 1.54) is 19.2 Å². The third kappa shape index (κ3) is 5.00. The average Bonchev–Trinajstić information content (AvgIpc) is 2.75. The summed E-state index contributed by atoms with van der Waals surface area (Å²) in [6, 6.07) is 18.3. The maximum Gasteiger partial charge on any atom is 0.264 e. The fourth-order valence-corrected chi connectivity index (χ4v) is 4.79. The van der Waals surface area contributed by atoms with Crippen LogP contribution in [0.15, 0.2) is 71.6 Å². The lowest BCUT2D eigenvalue weighted by atomic mass is 10.2. The summed E-state index contributed by atoms with van der Waals surface area (Å²) in [5.41, 5.74) is 2.29. The van der Waals surface area contributed by atoms with Gasteiger partial charge in [0.15, 0.2) is 0 Å². The van der Waals surface area contributed by atoms with Gasteiger partial charge < -0.3 is 10.1 Å². The van der Waals surface area contributed by atoms with Crippen LogP contribution in [0.25, 0.3) is 0 Å². The summed E-state index contributed by atoms with van der Waals surface area (Å²) < 4.78 is 33.2. The Morgan fingerprint density at radius 3 is 2.42 bits per heavy atom. The lowest BCUT2D eigenvalue weighted by Gasteiger charge is -2.26. The molecule has 0 bridgehead atoms. The van der Waals surface area contributed by atoms with Crippen molar-refractivity contribution < 1.29 is 17.9 Å². The van der Waals surface area contributed by atoms with E-state index in [9.17, 15) is 13.2 Å². The molecule has 0 unspecified atom stereocenters. The molecule has 3 aromatic rings. The highest BCUT2D eigenvalue weighted by molar-refractivity contribution is 7.92. The second-order valence-corrected chi connectivity index (χ2v) is 9.23. The molecule has 0 aliphatic rings. The Morgan fingerprint density at radius 2 is 1.74 bits per heavy atom. The molecular formula is C23H23ClN2O4S. The molecule has 1 amide bonds. The topological polar surface area (TPSA) is 75.7 Å². The molecule has 162 valence electrons. The highest BCUT2D eigenvalue weighted by Gasteiger charge is 2.29. The van der Waals surface area contributed by atoms with E-state index in [1.54, 1.807) is 55.5 Å². The molecule has 0 fully saturated rings. The summed E-state index contributed by atoms with van der Waals surface area (Å²) in [4.78, 5) is 13.0. The Balaban J connectivity index is 2.01. The number of rotatable bonds is 7. The zero-order chi connectivity index (χ0) is 22.6. The van der Waals surface area contributed by atoms with Gasteiger partial charge in [0.25, 0.3) is 10.0 Å². The minimum absolute atomic E-state index is 0.0790. The monoisotopic (exact) mass is 458 g/mol. The minimum Gasteiger partial charge on any atom is -0.495 e. The van der Waals surface area contributed by atoms with Crippen molar-refractivity contribution in [2.45, 2.75) is 18.7 Å². The molecule has 0 heterocycles. The second kappa shape index (κ2) is 9.41. The van der Waals surface area contributed by atoms with Crippen molar-refractivity contribution in [3.05, 3.63) is 82.9 Å². The number of sulfonamides is 1. The number of carbonyl (C=O) groups is 1. The molecule has 0 atom stereocenters. The summed E-state index contributed by atoms with van der Waals surface area (Å²) >= 11 is 6.24. The van der Waals surface area contributed by atoms with E-state index in [-0.39, 0.29) is 4.90 Å². The minimum atomic E-state index is -4.02. The summed E-state index contributed by atoms with van der Waals surface area (Å²) in [6.45, 7) is 3.17. The lowest BCUT2D eigenvalue weighted by Crippen LogP contribution is -2.38. The van der Waals surface area contributed by atoms with Crippen LogP contribution in [0.2, 0.25) is 5.02 Å². The molecule has 0 aliphatic carbocycles. The van der Waals surface area contributed by atoms with Crippen LogP contribution >= 0.6 is 11.6 Å². The molecule has 0 radical (unpaired) electrons. The van der Waals surface area contributed by atoms with Crippen LogP contribution in [-0.2, 0) is 14.8 Å². The Bertz CT molecular complexity index is 1200. The number of halogens is 1. The number of amides is 1. The van der Waals surface area contributed by atoms with Crippen LogP contribution in [0, 0.1) is 13.8 Å². The van der Waals surface area contributed by atoms with Crippen LogP contribution < -0.4 is 14.4 Å².